The Kier molecular flexibility index (Phi) is 6.68. The summed E-state index contributed by atoms with van der Waals surface area (Å²) in [5.74, 6) is -0.135. The Morgan fingerprint density at radius 3 is 2.50 bits per heavy atom. The van der Waals surface area contributed by atoms with E-state index in [0.717, 1.165) is 36.8 Å². The molecule has 1 aromatic heterocycles. The highest BCUT2D eigenvalue weighted by molar-refractivity contribution is 7.17. The first kappa shape index (κ1) is 20.3. The molecule has 0 spiro atoms. The first-order chi connectivity index (χ1) is 13.5. The highest BCUT2D eigenvalue weighted by atomic mass is 32.1. The lowest BCUT2D eigenvalue weighted by Crippen LogP contribution is -2.12. The molecular weight excluding hydrogens is 370 g/mol. The van der Waals surface area contributed by atoms with E-state index < -0.39 is 0 Å². The van der Waals surface area contributed by atoms with Crippen LogP contribution in [-0.2, 0) is 22.4 Å². The summed E-state index contributed by atoms with van der Waals surface area (Å²) in [5, 5.41) is 3.50. The second kappa shape index (κ2) is 9.20. The van der Waals surface area contributed by atoms with Crippen LogP contribution in [0, 0.1) is 0 Å². The fourth-order valence-electron chi connectivity index (χ4n) is 3.47. The minimum Gasteiger partial charge on any atom is -0.465 e. The Labute approximate surface area is 170 Å². The second-order valence-electron chi connectivity index (χ2n) is 7.40. The summed E-state index contributed by atoms with van der Waals surface area (Å²) in [6.45, 7) is 4.31. The number of hydrogen-bond donors (Lipinski definition) is 1. The van der Waals surface area contributed by atoms with Crippen molar-refractivity contribution < 1.29 is 14.3 Å². The van der Waals surface area contributed by atoms with Crippen LogP contribution in [0.4, 0.5) is 5.00 Å². The molecule has 1 aromatic carbocycles. The predicted molar refractivity (Wildman–Crippen MR) is 115 cm³/mol. The monoisotopic (exact) mass is 397 g/mol. The lowest BCUT2D eigenvalue weighted by Gasteiger charge is -2.06. The normalized spacial score (nSPS) is 14.0. The van der Waals surface area contributed by atoms with E-state index in [4.69, 9.17) is 4.74 Å². The first-order valence-corrected chi connectivity index (χ1v) is 10.6. The average Bonchev–Trinajstić information content (AvgIpc) is 2.86. The van der Waals surface area contributed by atoms with Crippen LogP contribution < -0.4 is 5.32 Å². The van der Waals surface area contributed by atoms with Crippen molar-refractivity contribution in [2.75, 3.05) is 12.4 Å². The van der Waals surface area contributed by atoms with E-state index in [0.29, 0.717) is 16.5 Å². The van der Waals surface area contributed by atoms with Gasteiger partial charge in [0, 0.05) is 11.0 Å². The Morgan fingerprint density at radius 2 is 1.82 bits per heavy atom. The van der Waals surface area contributed by atoms with Crippen molar-refractivity contribution in [3.05, 3.63) is 57.5 Å². The molecule has 0 bridgehead atoms. The number of thiophene rings is 1. The third-order valence-electron chi connectivity index (χ3n) is 5.08. The van der Waals surface area contributed by atoms with Crippen molar-refractivity contribution in [2.24, 2.45) is 0 Å². The molecule has 28 heavy (non-hydrogen) atoms. The maximum Gasteiger partial charge on any atom is 0.341 e. The fourth-order valence-corrected chi connectivity index (χ4v) is 4.75. The van der Waals surface area contributed by atoms with Gasteiger partial charge in [0.1, 0.15) is 5.00 Å². The molecule has 1 heterocycles. The molecule has 0 aliphatic heterocycles. The molecule has 0 saturated carbocycles. The molecule has 148 valence electrons. The Bertz CT molecular complexity index is 878. The highest BCUT2D eigenvalue weighted by Gasteiger charge is 2.25. The van der Waals surface area contributed by atoms with Crippen LogP contribution in [0.2, 0.25) is 0 Å². The van der Waals surface area contributed by atoms with Crippen molar-refractivity contribution in [2.45, 2.75) is 51.9 Å². The van der Waals surface area contributed by atoms with Crippen LogP contribution in [0.15, 0.2) is 30.3 Å². The smallest absolute Gasteiger partial charge is 0.341 e. The molecule has 0 fully saturated rings. The maximum atomic E-state index is 12.5. The fraction of sp³-hybridized carbons (Fsp3) is 0.391. The summed E-state index contributed by atoms with van der Waals surface area (Å²) in [5.41, 5.74) is 3.82. The van der Waals surface area contributed by atoms with Crippen molar-refractivity contribution in [1.29, 1.82) is 0 Å². The number of hydrogen-bond acceptors (Lipinski definition) is 4. The topological polar surface area (TPSA) is 55.4 Å². The Morgan fingerprint density at radius 1 is 1.11 bits per heavy atom. The van der Waals surface area contributed by atoms with E-state index in [-0.39, 0.29) is 11.9 Å². The zero-order valence-corrected chi connectivity index (χ0v) is 17.5. The molecule has 1 aliphatic rings. The van der Waals surface area contributed by atoms with Gasteiger partial charge in [0.2, 0.25) is 5.91 Å². The van der Waals surface area contributed by atoms with Gasteiger partial charge in [0.25, 0.3) is 0 Å². The second-order valence-corrected chi connectivity index (χ2v) is 8.51. The number of benzene rings is 1. The molecular formula is C23H27NO3S. The molecule has 0 unspecified atom stereocenters. The van der Waals surface area contributed by atoms with Crippen LogP contribution in [-0.4, -0.2) is 19.0 Å². The van der Waals surface area contributed by atoms with E-state index in [1.54, 1.807) is 6.08 Å². The number of fused-ring (bicyclic) bond motifs is 1. The average molecular weight is 398 g/mol. The summed E-state index contributed by atoms with van der Waals surface area (Å²) in [6.07, 6.45) is 8.47. The molecule has 5 heteroatoms. The number of rotatable bonds is 5. The third kappa shape index (κ3) is 4.71. The molecule has 4 nitrogen and oxygen atoms in total. The quantitative estimate of drug-likeness (QED) is 0.407. The Balaban J connectivity index is 1.77. The van der Waals surface area contributed by atoms with Gasteiger partial charge in [0.05, 0.1) is 12.7 Å². The highest BCUT2D eigenvalue weighted by Crippen LogP contribution is 2.38. The minimum absolute atomic E-state index is 0.241. The van der Waals surface area contributed by atoms with Gasteiger partial charge in [-0.25, -0.2) is 4.79 Å². The van der Waals surface area contributed by atoms with Gasteiger partial charge >= 0.3 is 5.97 Å². The summed E-state index contributed by atoms with van der Waals surface area (Å²) >= 11 is 1.51. The van der Waals surface area contributed by atoms with Gasteiger partial charge in [-0.3, -0.25) is 4.79 Å². The van der Waals surface area contributed by atoms with Gasteiger partial charge in [-0.2, -0.15) is 0 Å². The lowest BCUT2D eigenvalue weighted by molar-refractivity contribution is -0.111. The molecule has 3 rings (SSSR count). The molecule has 0 saturated heterocycles. The number of nitrogens with one attached hydrogen (secondary N) is 1. The van der Waals surface area contributed by atoms with Crippen LogP contribution in [0.3, 0.4) is 0 Å². The number of esters is 1. The molecule has 1 amide bonds. The predicted octanol–water partition coefficient (Wildman–Crippen LogP) is 5.58. The first-order valence-electron chi connectivity index (χ1n) is 9.81. The number of anilines is 1. The molecule has 0 radical (unpaired) electrons. The number of aryl methyl sites for hydroxylation is 1. The van der Waals surface area contributed by atoms with Gasteiger partial charge in [-0.1, -0.05) is 44.5 Å². The SMILES string of the molecule is COC(=O)c1c(NC(=O)C=Cc2ccc(C(C)C)cc2)sc2c1CCCCC2. The van der Waals surface area contributed by atoms with Crippen molar-refractivity contribution in [3.63, 3.8) is 0 Å². The van der Waals surface area contributed by atoms with E-state index in [1.165, 1.54) is 41.4 Å². The molecule has 1 N–H and O–H groups in total. The molecule has 2 aromatic rings. The van der Waals surface area contributed by atoms with E-state index in [9.17, 15) is 9.59 Å². The summed E-state index contributed by atoms with van der Waals surface area (Å²) in [7, 11) is 1.38. The van der Waals surface area contributed by atoms with Crippen LogP contribution in [0.25, 0.3) is 6.08 Å². The number of carbonyl (C=O) groups is 2. The van der Waals surface area contributed by atoms with Gasteiger partial charge in [-0.05, 0) is 54.4 Å². The van der Waals surface area contributed by atoms with E-state index >= 15 is 0 Å². The van der Waals surface area contributed by atoms with Crippen LogP contribution in [0.5, 0.6) is 0 Å². The molecule has 1 aliphatic carbocycles. The zero-order valence-electron chi connectivity index (χ0n) is 16.7. The van der Waals surface area contributed by atoms with Gasteiger partial charge in [0.15, 0.2) is 0 Å². The van der Waals surface area contributed by atoms with Crippen molar-refractivity contribution in [1.82, 2.24) is 0 Å². The van der Waals surface area contributed by atoms with E-state index in [2.05, 4.69) is 31.3 Å². The summed E-state index contributed by atoms with van der Waals surface area (Å²) in [4.78, 5) is 26.0. The van der Waals surface area contributed by atoms with Crippen molar-refractivity contribution >= 4 is 34.3 Å². The number of ether oxygens (including phenoxy) is 1. The maximum absolute atomic E-state index is 12.5. The lowest BCUT2D eigenvalue weighted by atomic mass is 10.0. The zero-order chi connectivity index (χ0) is 20.1. The number of methoxy groups -OCH3 is 1. The van der Waals surface area contributed by atoms with Crippen LogP contribution in [0.1, 0.15) is 71.0 Å². The minimum atomic E-state index is -0.372. The standard InChI is InChI=1S/C23H27NO3S/c1-15(2)17-12-9-16(10-13-17)11-14-20(25)24-22-21(23(26)27-3)18-7-5-4-6-8-19(18)28-22/h9-15H,4-8H2,1-3H3,(H,24,25). The third-order valence-corrected chi connectivity index (χ3v) is 6.29. The van der Waals surface area contributed by atoms with Crippen molar-refractivity contribution in [3.8, 4) is 0 Å². The van der Waals surface area contributed by atoms with Gasteiger partial charge in [-0.15, -0.1) is 11.3 Å². The number of carbonyl (C=O) groups excluding carboxylic acids is 2. The Hall–Kier alpha value is -2.40. The van der Waals surface area contributed by atoms with E-state index in [1.807, 2.05) is 12.1 Å². The van der Waals surface area contributed by atoms with Gasteiger partial charge < -0.3 is 10.1 Å². The molecule has 0 atom stereocenters. The summed E-state index contributed by atoms with van der Waals surface area (Å²) in [6, 6.07) is 8.17. The number of amides is 1. The largest absolute Gasteiger partial charge is 0.465 e. The van der Waals surface area contributed by atoms with Crippen LogP contribution >= 0.6 is 11.3 Å². The summed E-state index contributed by atoms with van der Waals surface area (Å²) < 4.78 is 4.98.